The van der Waals surface area contributed by atoms with Crippen molar-refractivity contribution in [2.24, 2.45) is 0 Å². The van der Waals surface area contributed by atoms with E-state index < -0.39 is 26.0 Å². The molecule has 3 aromatic rings. The van der Waals surface area contributed by atoms with Gasteiger partial charge in [-0.1, -0.05) is 30.3 Å². The van der Waals surface area contributed by atoms with Gasteiger partial charge in [-0.05, 0) is 61.0 Å². The Morgan fingerprint density at radius 1 is 0.733 bits per heavy atom. The van der Waals surface area contributed by atoms with Crippen LogP contribution in [0, 0.1) is 6.92 Å². The third kappa shape index (κ3) is 5.23. The molecule has 8 nitrogen and oxygen atoms in total. The van der Waals surface area contributed by atoms with Gasteiger partial charge in [-0.3, -0.25) is 14.9 Å². The molecule has 3 aromatic carbocycles. The summed E-state index contributed by atoms with van der Waals surface area (Å²) in [6, 6.07) is 19.6. The molecule has 10 heteroatoms. The van der Waals surface area contributed by atoms with Gasteiger partial charge in [0.15, 0.2) is 0 Å². The minimum Gasteiger partial charge on any atom is -0.280 e. The molecule has 3 rings (SSSR count). The highest BCUT2D eigenvalue weighted by atomic mass is 32.2. The average molecular weight is 446 g/mol. The Labute approximate surface area is 175 Å². The maximum atomic E-state index is 12.5. The minimum absolute atomic E-state index is 0.00574. The second-order valence-corrected chi connectivity index (χ2v) is 9.74. The van der Waals surface area contributed by atoms with E-state index in [1.165, 1.54) is 42.5 Å². The van der Waals surface area contributed by atoms with Crippen molar-refractivity contribution >= 4 is 31.6 Å². The number of aryl methyl sites for hydroxylation is 1. The Hall–Kier alpha value is -3.21. The maximum absolute atomic E-state index is 12.5. The number of carbonyl (C=O) groups excluding carboxylic acids is 1. The van der Waals surface area contributed by atoms with E-state index in [9.17, 15) is 21.6 Å². The quantitative estimate of drug-likeness (QED) is 0.482. The van der Waals surface area contributed by atoms with Gasteiger partial charge in [0.2, 0.25) is 0 Å². The highest BCUT2D eigenvalue weighted by Gasteiger charge is 2.16. The maximum Gasteiger partial charge on any atom is 0.266 e. The topological polar surface area (TPSA) is 121 Å². The molecule has 0 unspecified atom stereocenters. The summed E-state index contributed by atoms with van der Waals surface area (Å²) in [6.07, 6.45) is 0. The summed E-state index contributed by atoms with van der Waals surface area (Å²) >= 11 is 0. The molecule has 0 aliphatic rings. The molecule has 0 saturated heterocycles. The van der Waals surface area contributed by atoms with Crippen LogP contribution in [0.15, 0.2) is 88.7 Å². The van der Waals surface area contributed by atoms with Crippen molar-refractivity contribution in [3.63, 3.8) is 0 Å². The first-order valence-corrected chi connectivity index (χ1v) is 11.7. The van der Waals surface area contributed by atoms with Crippen LogP contribution in [-0.2, 0) is 20.0 Å². The van der Waals surface area contributed by atoms with Gasteiger partial charge < -0.3 is 0 Å². The van der Waals surface area contributed by atoms with E-state index in [2.05, 4.69) is 10.1 Å². The average Bonchev–Trinajstić information content (AvgIpc) is 2.73. The van der Waals surface area contributed by atoms with Crippen molar-refractivity contribution in [3.8, 4) is 0 Å². The van der Waals surface area contributed by atoms with Crippen LogP contribution in [0.4, 0.5) is 5.69 Å². The number of carbonyl (C=O) groups is 1. The molecule has 156 valence electrons. The predicted octanol–water partition coefficient (Wildman–Crippen LogP) is 2.42. The van der Waals surface area contributed by atoms with Crippen molar-refractivity contribution in [2.75, 3.05) is 4.72 Å². The molecule has 0 spiro atoms. The number of hydrogen-bond donors (Lipinski definition) is 3. The molecule has 0 atom stereocenters. The molecule has 0 aliphatic carbocycles. The number of amides is 1. The van der Waals surface area contributed by atoms with Gasteiger partial charge in [0.05, 0.1) is 9.79 Å². The lowest BCUT2D eigenvalue weighted by Gasteiger charge is -2.10. The van der Waals surface area contributed by atoms with E-state index >= 15 is 0 Å². The molecular formula is C20H19N3O5S2. The van der Waals surface area contributed by atoms with Crippen LogP contribution in [0.1, 0.15) is 15.9 Å². The van der Waals surface area contributed by atoms with Crippen molar-refractivity contribution in [2.45, 2.75) is 16.7 Å². The lowest BCUT2D eigenvalue weighted by molar-refractivity contribution is 0.0945. The smallest absolute Gasteiger partial charge is 0.266 e. The van der Waals surface area contributed by atoms with E-state index in [1.807, 2.05) is 4.83 Å². The monoisotopic (exact) mass is 445 g/mol. The summed E-state index contributed by atoms with van der Waals surface area (Å²) in [5.41, 5.74) is 3.33. The second kappa shape index (κ2) is 8.66. The van der Waals surface area contributed by atoms with E-state index in [4.69, 9.17) is 0 Å². The molecule has 0 saturated carbocycles. The summed E-state index contributed by atoms with van der Waals surface area (Å²) in [4.78, 5) is 14.3. The zero-order chi connectivity index (χ0) is 21.8. The summed E-state index contributed by atoms with van der Waals surface area (Å²) < 4.78 is 51.6. The number of nitrogens with one attached hydrogen (secondary N) is 3. The molecule has 0 aliphatic heterocycles. The Kier molecular flexibility index (Phi) is 6.20. The van der Waals surface area contributed by atoms with Gasteiger partial charge in [0.25, 0.3) is 26.0 Å². The van der Waals surface area contributed by atoms with E-state index in [1.54, 1.807) is 43.3 Å². The fourth-order valence-electron chi connectivity index (χ4n) is 2.53. The number of rotatable bonds is 7. The van der Waals surface area contributed by atoms with Gasteiger partial charge in [-0.15, -0.1) is 4.83 Å². The molecular weight excluding hydrogens is 426 g/mol. The molecule has 30 heavy (non-hydrogen) atoms. The fourth-order valence-corrected chi connectivity index (χ4v) is 4.55. The van der Waals surface area contributed by atoms with E-state index in [0.717, 1.165) is 5.56 Å². The van der Waals surface area contributed by atoms with Crippen molar-refractivity contribution in [3.05, 3.63) is 90.0 Å². The molecule has 1 amide bonds. The van der Waals surface area contributed by atoms with Gasteiger partial charge in [-0.25, -0.2) is 16.8 Å². The standard InChI is InChI=1S/C20H19N3O5S2/c1-15-6-5-9-19(14-15)29(25,26)22-17-12-10-16(11-13-17)20(24)21-23-30(27,28)18-7-3-2-4-8-18/h2-14,22-23H,1H3,(H,21,24). The Morgan fingerprint density at radius 3 is 2.00 bits per heavy atom. The summed E-state index contributed by atoms with van der Waals surface area (Å²) in [5, 5.41) is 0. The first-order chi connectivity index (χ1) is 14.2. The Balaban J connectivity index is 1.66. The van der Waals surface area contributed by atoms with Crippen molar-refractivity contribution in [1.82, 2.24) is 10.3 Å². The Morgan fingerprint density at radius 2 is 1.37 bits per heavy atom. The summed E-state index contributed by atoms with van der Waals surface area (Å²) in [7, 11) is -7.67. The first kappa shape index (κ1) is 21.5. The van der Waals surface area contributed by atoms with Crippen LogP contribution in [0.2, 0.25) is 0 Å². The highest BCUT2D eigenvalue weighted by molar-refractivity contribution is 7.92. The van der Waals surface area contributed by atoms with Crippen LogP contribution >= 0.6 is 0 Å². The third-order valence-electron chi connectivity index (χ3n) is 4.05. The summed E-state index contributed by atoms with van der Waals surface area (Å²) in [6.45, 7) is 1.79. The molecule has 0 fully saturated rings. The SMILES string of the molecule is Cc1cccc(S(=O)(=O)Nc2ccc(C(=O)NNS(=O)(=O)c3ccccc3)cc2)c1. The molecule has 0 radical (unpaired) electrons. The molecule has 0 heterocycles. The molecule has 0 aromatic heterocycles. The van der Waals surface area contributed by atoms with Crippen LogP contribution in [0.5, 0.6) is 0 Å². The van der Waals surface area contributed by atoms with Crippen molar-refractivity contribution < 1.29 is 21.6 Å². The van der Waals surface area contributed by atoms with Crippen LogP contribution in [0.25, 0.3) is 0 Å². The second-order valence-electron chi connectivity index (χ2n) is 6.37. The predicted molar refractivity (Wildman–Crippen MR) is 113 cm³/mol. The molecule has 0 bridgehead atoms. The summed E-state index contributed by atoms with van der Waals surface area (Å²) in [5.74, 6) is -0.692. The van der Waals surface area contributed by atoms with E-state index in [-0.39, 0.29) is 21.0 Å². The fraction of sp³-hybridized carbons (Fsp3) is 0.0500. The van der Waals surface area contributed by atoms with Gasteiger partial charge in [-0.2, -0.15) is 0 Å². The number of sulfonamides is 2. The Bertz CT molecular complexity index is 1260. The highest BCUT2D eigenvalue weighted by Crippen LogP contribution is 2.17. The van der Waals surface area contributed by atoms with Gasteiger partial charge >= 0.3 is 0 Å². The van der Waals surface area contributed by atoms with Crippen LogP contribution < -0.4 is 15.0 Å². The third-order valence-corrected chi connectivity index (χ3v) is 6.69. The minimum atomic E-state index is -3.90. The number of hydrogen-bond acceptors (Lipinski definition) is 5. The lowest BCUT2D eigenvalue weighted by atomic mass is 10.2. The zero-order valence-electron chi connectivity index (χ0n) is 15.9. The molecule has 3 N–H and O–H groups in total. The van der Waals surface area contributed by atoms with E-state index in [0.29, 0.717) is 0 Å². The number of anilines is 1. The zero-order valence-corrected chi connectivity index (χ0v) is 17.5. The van der Waals surface area contributed by atoms with Gasteiger partial charge in [0.1, 0.15) is 0 Å². The van der Waals surface area contributed by atoms with Crippen molar-refractivity contribution in [1.29, 1.82) is 0 Å². The normalized spacial score (nSPS) is 11.6. The van der Waals surface area contributed by atoms with Crippen LogP contribution in [0.3, 0.4) is 0 Å². The van der Waals surface area contributed by atoms with Crippen LogP contribution in [-0.4, -0.2) is 22.7 Å². The van der Waals surface area contributed by atoms with Gasteiger partial charge in [0, 0.05) is 11.3 Å². The number of hydrazine groups is 1. The number of benzene rings is 3. The lowest BCUT2D eigenvalue weighted by Crippen LogP contribution is -2.41. The first-order valence-electron chi connectivity index (χ1n) is 8.74. The largest absolute Gasteiger partial charge is 0.280 e.